The maximum atomic E-state index is 14.5. The molecule has 110 valence electrons. The third kappa shape index (κ3) is 2.80. The summed E-state index contributed by atoms with van der Waals surface area (Å²) >= 11 is 0. The van der Waals surface area contributed by atoms with E-state index in [4.69, 9.17) is 0 Å². The number of likely N-dealkylation sites (tertiary alicyclic amines) is 1. The highest BCUT2D eigenvalue weighted by molar-refractivity contribution is 5.34. The molecule has 1 aromatic rings. The molecule has 0 bridgehead atoms. The molecule has 0 radical (unpaired) electrons. The van der Waals surface area contributed by atoms with Crippen LogP contribution in [0, 0.1) is 11.7 Å². The number of nitrogens with zero attached hydrogens (tertiary/aromatic N) is 1. The average molecular weight is 275 g/mol. The first-order chi connectivity index (χ1) is 9.49. The van der Waals surface area contributed by atoms with Gasteiger partial charge < -0.3 is 4.90 Å². The van der Waals surface area contributed by atoms with Crippen molar-refractivity contribution in [2.24, 2.45) is 5.92 Å². The van der Waals surface area contributed by atoms with Crippen molar-refractivity contribution in [2.75, 3.05) is 20.1 Å². The molecule has 1 heterocycles. The largest absolute Gasteiger partial charge is 0.306 e. The van der Waals surface area contributed by atoms with Crippen LogP contribution in [0.3, 0.4) is 0 Å². The molecule has 0 N–H and O–H groups in total. The number of benzene rings is 1. The van der Waals surface area contributed by atoms with E-state index >= 15 is 0 Å². The van der Waals surface area contributed by atoms with Crippen LogP contribution in [-0.2, 0) is 11.8 Å². The molecule has 0 aromatic heterocycles. The second-order valence-corrected chi connectivity index (χ2v) is 6.42. The Morgan fingerprint density at radius 1 is 1.35 bits per heavy atom. The second-order valence-electron chi connectivity index (χ2n) is 6.42. The van der Waals surface area contributed by atoms with Crippen LogP contribution in [0.25, 0.3) is 0 Å². The predicted molar refractivity (Wildman–Crippen MR) is 83.5 cm³/mol. The molecular formula is C18H26FN. The summed E-state index contributed by atoms with van der Waals surface area (Å²) in [5, 5.41) is 0. The topological polar surface area (TPSA) is 3.24 Å². The molecule has 0 atom stereocenters. The summed E-state index contributed by atoms with van der Waals surface area (Å²) in [6, 6.07) is 5.59. The van der Waals surface area contributed by atoms with E-state index in [0.29, 0.717) is 5.92 Å². The highest BCUT2D eigenvalue weighted by Gasteiger charge is 2.40. The monoisotopic (exact) mass is 275 g/mol. The van der Waals surface area contributed by atoms with Gasteiger partial charge in [0.15, 0.2) is 0 Å². The van der Waals surface area contributed by atoms with Gasteiger partial charge in [0, 0.05) is 5.41 Å². The fourth-order valence-electron chi connectivity index (χ4n) is 3.42. The van der Waals surface area contributed by atoms with Gasteiger partial charge in [0.1, 0.15) is 5.82 Å². The number of rotatable bonds is 4. The van der Waals surface area contributed by atoms with Gasteiger partial charge in [-0.3, -0.25) is 0 Å². The Morgan fingerprint density at radius 3 is 2.55 bits per heavy atom. The number of hydrogen-bond acceptors (Lipinski definition) is 1. The summed E-state index contributed by atoms with van der Waals surface area (Å²) in [7, 11) is 2.15. The molecule has 1 aliphatic rings. The van der Waals surface area contributed by atoms with Gasteiger partial charge in [-0.25, -0.2) is 4.39 Å². The average Bonchev–Trinajstić information content (AvgIpc) is 2.42. The minimum absolute atomic E-state index is 0.0201. The Morgan fingerprint density at radius 2 is 2.00 bits per heavy atom. The molecule has 0 saturated carbocycles. The summed E-state index contributed by atoms with van der Waals surface area (Å²) in [6.07, 6.45) is 4.76. The Labute approximate surface area is 122 Å². The minimum Gasteiger partial charge on any atom is -0.306 e. The Kier molecular flexibility index (Phi) is 4.64. The molecule has 1 aliphatic heterocycles. The molecule has 1 saturated heterocycles. The lowest BCUT2D eigenvalue weighted by molar-refractivity contribution is 0.142. The zero-order chi connectivity index (χ0) is 14.8. The molecule has 0 unspecified atom stereocenters. The van der Waals surface area contributed by atoms with Crippen molar-refractivity contribution in [3.05, 3.63) is 47.8 Å². The van der Waals surface area contributed by atoms with E-state index in [0.717, 1.165) is 43.5 Å². The van der Waals surface area contributed by atoms with E-state index < -0.39 is 0 Å². The second kappa shape index (κ2) is 6.09. The molecular weight excluding hydrogens is 249 g/mol. The van der Waals surface area contributed by atoms with Gasteiger partial charge in [0.05, 0.1) is 0 Å². The summed E-state index contributed by atoms with van der Waals surface area (Å²) in [6.45, 7) is 10.3. The van der Waals surface area contributed by atoms with Gasteiger partial charge in [-0.2, -0.15) is 0 Å². The number of piperidine rings is 1. The van der Waals surface area contributed by atoms with Gasteiger partial charge in [-0.05, 0) is 62.5 Å². The Balaban J connectivity index is 2.43. The van der Waals surface area contributed by atoms with Crippen molar-refractivity contribution in [2.45, 2.75) is 38.5 Å². The summed E-state index contributed by atoms with van der Waals surface area (Å²) in [4.78, 5) is 2.34. The highest BCUT2D eigenvalue weighted by Crippen LogP contribution is 2.43. The number of halogens is 1. The third-order valence-corrected chi connectivity index (χ3v) is 4.93. The molecule has 0 aliphatic carbocycles. The lowest BCUT2D eigenvalue weighted by Crippen LogP contribution is -2.44. The Hall–Kier alpha value is -1.15. The van der Waals surface area contributed by atoms with Crippen LogP contribution in [0.1, 0.15) is 37.8 Å². The van der Waals surface area contributed by atoms with E-state index in [1.165, 1.54) is 0 Å². The smallest absolute Gasteiger partial charge is 0.126 e. The summed E-state index contributed by atoms with van der Waals surface area (Å²) < 4.78 is 14.5. The van der Waals surface area contributed by atoms with Crippen molar-refractivity contribution in [1.82, 2.24) is 4.90 Å². The first kappa shape index (κ1) is 15.2. The molecule has 1 aromatic carbocycles. The molecule has 2 heteroatoms. The molecule has 0 amide bonds. The van der Waals surface area contributed by atoms with E-state index in [1.807, 2.05) is 12.1 Å². The van der Waals surface area contributed by atoms with Crippen LogP contribution in [0.2, 0.25) is 0 Å². The van der Waals surface area contributed by atoms with Crippen molar-refractivity contribution >= 4 is 0 Å². The fourth-order valence-corrected chi connectivity index (χ4v) is 3.42. The van der Waals surface area contributed by atoms with Gasteiger partial charge >= 0.3 is 0 Å². The van der Waals surface area contributed by atoms with Crippen molar-refractivity contribution in [3.63, 3.8) is 0 Å². The van der Waals surface area contributed by atoms with Crippen LogP contribution in [0.4, 0.5) is 4.39 Å². The number of allylic oxidation sites excluding steroid dienone is 1. The van der Waals surface area contributed by atoms with Crippen LogP contribution in [0.15, 0.2) is 30.9 Å². The van der Waals surface area contributed by atoms with Crippen molar-refractivity contribution in [3.8, 4) is 0 Å². The molecule has 0 spiro atoms. The van der Waals surface area contributed by atoms with Gasteiger partial charge in [-0.15, -0.1) is 6.58 Å². The lowest BCUT2D eigenvalue weighted by atomic mass is 9.65. The summed E-state index contributed by atoms with van der Waals surface area (Å²) in [5.41, 5.74) is 2.06. The molecule has 1 fully saturated rings. The van der Waals surface area contributed by atoms with Gasteiger partial charge in [-0.1, -0.05) is 32.1 Å². The fraction of sp³-hybridized carbons (Fsp3) is 0.556. The first-order valence-corrected chi connectivity index (χ1v) is 7.58. The summed E-state index contributed by atoms with van der Waals surface area (Å²) in [5.74, 6) is 0.403. The number of hydrogen-bond donors (Lipinski definition) is 0. The highest BCUT2D eigenvalue weighted by atomic mass is 19.1. The zero-order valence-electron chi connectivity index (χ0n) is 13.0. The molecule has 1 nitrogen and oxygen atoms in total. The van der Waals surface area contributed by atoms with E-state index in [2.05, 4.69) is 38.4 Å². The zero-order valence-corrected chi connectivity index (χ0v) is 13.0. The maximum absolute atomic E-state index is 14.5. The van der Waals surface area contributed by atoms with E-state index in [-0.39, 0.29) is 11.2 Å². The van der Waals surface area contributed by atoms with E-state index in [9.17, 15) is 4.39 Å². The molecule has 2 rings (SSSR count). The minimum atomic E-state index is -0.0453. The SMILES string of the molecule is C=CCc1ccc(F)c(C2(C(C)C)CCN(C)CC2)c1. The Bertz CT molecular complexity index is 470. The maximum Gasteiger partial charge on any atom is 0.126 e. The van der Waals surface area contributed by atoms with Gasteiger partial charge in [0.2, 0.25) is 0 Å². The van der Waals surface area contributed by atoms with Crippen molar-refractivity contribution < 1.29 is 4.39 Å². The van der Waals surface area contributed by atoms with E-state index in [1.54, 1.807) is 6.07 Å². The van der Waals surface area contributed by atoms with Gasteiger partial charge in [0.25, 0.3) is 0 Å². The quantitative estimate of drug-likeness (QED) is 0.745. The first-order valence-electron chi connectivity index (χ1n) is 7.58. The third-order valence-electron chi connectivity index (χ3n) is 4.93. The van der Waals surface area contributed by atoms with Crippen molar-refractivity contribution in [1.29, 1.82) is 0 Å². The normalized spacial score (nSPS) is 19.2. The van der Waals surface area contributed by atoms with Crippen LogP contribution < -0.4 is 0 Å². The lowest BCUT2D eigenvalue weighted by Gasteiger charge is -2.44. The predicted octanol–water partition coefficient (Wildman–Crippen LogP) is 4.17. The molecule has 20 heavy (non-hydrogen) atoms. The van der Waals surface area contributed by atoms with Crippen LogP contribution in [-0.4, -0.2) is 25.0 Å². The standard InChI is InChI=1S/C18H26FN/c1-5-6-15-7-8-17(19)16(13-15)18(14(2)3)9-11-20(4)12-10-18/h5,7-8,13-14H,1,6,9-12H2,2-4H3. The van der Waals surface area contributed by atoms with Crippen LogP contribution in [0.5, 0.6) is 0 Å². The van der Waals surface area contributed by atoms with Crippen LogP contribution >= 0.6 is 0 Å².